The zero-order chi connectivity index (χ0) is 13.7. The molecule has 100 valence electrons. The van der Waals surface area contributed by atoms with Gasteiger partial charge in [-0.05, 0) is 25.5 Å². The predicted octanol–water partition coefficient (Wildman–Crippen LogP) is 3.08. The molecule has 1 aromatic heterocycles. The molecular weight excluding hydrogens is 238 g/mol. The lowest BCUT2D eigenvalue weighted by Gasteiger charge is -2.07. The summed E-state index contributed by atoms with van der Waals surface area (Å²) in [5, 5.41) is 0. The Hall–Kier alpha value is -2.10. The summed E-state index contributed by atoms with van der Waals surface area (Å²) in [6.45, 7) is 4.72. The molecule has 0 bridgehead atoms. The van der Waals surface area contributed by atoms with Gasteiger partial charge in [0.25, 0.3) is 0 Å². The van der Waals surface area contributed by atoms with E-state index < -0.39 is 0 Å². The fourth-order valence-corrected chi connectivity index (χ4v) is 1.92. The van der Waals surface area contributed by atoms with E-state index in [0.717, 1.165) is 29.8 Å². The largest absolute Gasteiger partial charge is 0.494 e. The predicted molar refractivity (Wildman–Crippen MR) is 77.0 cm³/mol. The van der Waals surface area contributed by atoms with Crippen molar-refractivity contribution in [2.75, 3.05) is 12.3 Å². The van der Waals surface area contributed by atoms with Crippen LogP contribution < -0.4 is 10.5 Å². The van der Waals surface area contributed by atoms with Crippen LogP contribution in [0.5, 0.6) is 5.75 Å². The van der Waals surface area contributed by atoms with E-state index in [1.807, 2.05) is 37.3 Å². The zero-order valence-corrected chi connectivity index (χ0v) is 11.4. The molecule has 0 unspecified atom stereocenters. The molecule has 0 atom stereocenters. The van der Waals surface area contributed by atoms with Gasteiger partial charge in [-0.1, -0.05) is 25.5 Å². The maximum Gasteiger partial charge on any atom is 0.161 e. The number of aryl methyl sites for hydroxylation is 1. The summed E-state index contributed by atoms with van der Waals surface area (Å²) in [7, 11) is 0. The SMILES string of the molecule is CCCc1cc(N)nc(-c2cccc(OCC)c2)n1. The van der Waals surface area contributed by atoms with Crippen molar-refractivity contribution in [1.29, 1.82) is 0 Å². The Bertz CT molecular complexity index is 555. The lowest BCUT2D eigenvalue weighted by molar-refractivity contribution is 0.340. The Morgan fingerprint density at radius 3 is 2.74 bits per heavy atom. The van der Waals surface area contributed by atoms with E-state index in [1.54, 1.807) is 0 Å². The number of nitrogen functional groups attached to an aromatic ring is 1. The molecule has 0 amide bonds. The van der Waals surface area contributed by atoms with Crippen molar-refractivity contribution in [3.8, 4) is 17.1 Å². The van der Waals surface area contributed by atoms with Crippen molar-refractivity contribution in [3.05, 3.63) is 36.0 Å². The van der Waals surface area contributed by atoms with Crippen LogP contribution in [-0.4, -0.2) is 16.6 Å². The molecule has 2 N–H and O–H groups in total. The van der Waals surface area contributed by atoms with Crippen molar-refractivity contribution in [2.24, 2.45) is 0 Å². The molecule has 0 saturated heterocycles. The normalized spacial score (nSPS) is 10.4. The molecule has 4 nitrogen and oxygen atoms in total. The molecule has 0 aliphatic heterocycles. The van der Waals surface area contributed by atoms with Gasteiger partial charge in [0.05, 0.1) is 6.61 Å². The highest BCUT2D eigenvalue weighted by atomic mass is 16.5. The van der Waals surface area contributed by atoms with Crippen LogP contribution in [0.25, 0.3) is 11.4 Å². The van der Waals surface area contributed by atoms with E-state index in [9.17, 15) is 0 Å². The number of aromatic nitrogens is 2. The molecule has 1 heterocycles. The van der Waals surface area contributed by atoms with E-state index in [4.69, 9.17) is 10.5 Å². The van der Waals surface area contributed by atoms with Gasteiger partial charge < -0.3 is 10.5 Å². The van der Waals surface area contributed by atoms with E-state index in [2.05, 4.69) is 16.9 Å². The Labute approximate surface area is 113 Å². The highest BCUT2D eigenvalue weighted by molar-refractivity contribution is 5.59. The van der Waals surface area contributed by atoms with Gasteiger partial charge >= 0.3 is 0 Å². The molecule has 0 fully saturated rings. The van der Waals surface area contributed by atoms with Gasteiger partial charge in [-0.3, -0.25) is 0 Å². The molecule has 0 aliphatic rings. The summed E-state index contributed by atoms with van der Waals surface area (Å²) in [4.78, 5) is 8.85. The number of nitrogens with zero attached hydrogens (tertiary/aromatic N) is 2. The summed E-state index contributed by atoms with van der Waals surface area (Å²) in [5.74, 6) is 1.99. The third-order valence-electron chi connectivity index (χ3n) is 2.71. The molecule has 0 spiro atoms. The van der Waals surface area contributed by atoms with Crippen LogP contribution in [0.3, 0.4) is 0 Å². The Morgan fingerprint density at radius 2 is 2.00 bits per heavy atom. The van der Waals surface area contributed by atoms with Crippen molar-refractivity contribution in [3.63, 3.8) is 0 Å². The Morgan fingerprint density at radius 1 is 1.16 bits per heavy atom. The van der Waals surface area contributed by atoms with E-state index >= 15 is 0 Å². The zero-order valence-electron chi connectivity index (χ0n) is 11.4. The summed E-state index contributed by atoms with van der Waals surface area (Å²) < 4.78 is 5.49. The van der Waals surface area contributed by atoms with Crippen molar-refractivity contribution < 1.29 is 4.74 Å². The first kappa shape index (κ1) is 13.3. The van der Waals surface area contributed by atoms with Crippen LogP contribution in [0.4, 0.5) is 5.82 Å². The molecule has 0 saturated carbocycles. The summed E-state index contributed by atoms with van der Waals surface area (Å²) in [5.41, 5.74) is 7.75. The van der Waals surface area contributed by atoms with Crippen molar-refractivity contribution in [2.45, 2.75) is 26.7 Å². The van der Waals surface area contributed by atoms with E-state index in [-0.39, 0.29) is 0 Å². The van der Waals surface area contributed by atoms with E-state index in [0.29, 0.717) is 18.2 Å². The quantitative estimate of drug-likeness (QED) is 0.894. The van der Waals surface area contributed by atoms with Gasteiger partial charge in [-0.25, -0.2) is 9.97 Å². The number of ether oxygens (including phenoxy) is 1. The number of hydrogen-bond acceptors (Lipinski definition) is 4. The van der Waals surface area contributed by atoms with E-state index in [1.165, 1.54) is 0 Å². The third kappa shape index (κ3) is 3.44. The van der Waals surface area contributed by atoms with Gasteiger partial charge in [0.1, 0.15) is 11.6 Å². The highest BCUT2D eigenvalue weighted by Crippen LogP contribution is 2.22. The summed E-state index contributed by atoms with van der Waals surface area (Å²) in [6.07, 6.45) is 1.94. The lowest BCUT2D eigenvalue weighted by atomic mass is 10.2. The minimum Gasteiger partial charge on any atom is -0.494 e. The molecule has 1 aromatic carbocycles. The Balaban J connectivity index is 2.37. The number of nitrogens with two attached hydrogens (primary N) is 1. The number of anilines is 1. The van der Waals surface area contributed by atoms with Gasteiger partial charge in [-0.15, -0.1) is 0 Å². The second kappa shape index (κ2) is 6.18. The van der Waals surface area contributed by atoms with Gasteiger partial charge in [0.2, 0.25) is 0 Å². The average molecular weight is 257 g/mol. The maximum atomic E-state index is 5.84. The molecule has 2 aromatic rings. The molecule has 0 aliphatic carbocycles. The monoisotopic (exact) mass is 257 g/mol. The molecule has 4 heteroatoms. The topological polar surface area (TPSA) is 61.0 Å². The van der Waals surface area contributed by atoms with Crippen LogP contribution in [0.2, 0.25) is 0 Å². The minimum absolute atomic E-state index is 0.510. The van der Waals surface area contributed by atoms with Crippen LogP contribution in [-0.2, 0) is 6.42 Å². The smallest absolute Gasteiger partial charge is 0.161 e. The van der Waals surface area contributed by atoms with Crippen LogP contribution >= 0.6 is 0 Å². The average Bonchev–Trinajstić information content (AvgIpc) is 2.39. The second-order valence-corrected chi connectivity index (χ2v) is 4.32. The van der Waals surface area contributed by atoms with Crippen molar-refractivity contribution in [1.82, 2.24) is 9.97 Å². The third-order valence-corrected chi connectivity index (χ3v) is 2.71. The Kier molecular flexibility index (Phi) is 4.34. The fraction of sp³-hybridized carbons (Fsp3) is 0.333. The summed E-state index contributed by atoms with van der Waals surface area (Å²) >= 11 is 0. The van der Waals surface area contributed by atoms with Crippen LogP contribution in [0.15, 0.2) is 30.3 Å². The summed E-state index contributed by atoms with van der Waals surface area (Å²) in [6, 6.07) is 9.60. The first-order valence-corrected chi connectivity index (χ1v) is 6.59. The van der Waals surface area contributed by atoms with Crippen LogP contribution in [0, 0.1) is 0 Å². The van der Waals surface area contributed by atoms with Gasteiger partial charge in [-0.2, -0.15) is 0 Å². The number of rotatable bonds is 5. The van der Waals surface area contributed by atoms with Crippen molar-refractivity contribution >= 4 is 5.82 Å². The molecule has 19 heavy (non-hydrogen) atoms. The molecule has 0 radical (unpaired) electrons. The van der Waals surface area contributed by atoms with Gasteiger partial charge in [0.15, 0.2) is 5.82 Å². The number of benzene rings is 1. The second-order valence-electron chi connectivity index (χ2n) is 4.32. The van der Waals surface area contributed by atoms with Crippen LogP contribution in [0.1, 0.15) is 26.0 Å². The number of hydrogen-bond donors (Lipinski definition) is 1. The first-order valence-electron chi connectivity index (χ1n) is 6.59. The highest BCUT2D eigenvalue weighted by Gasteiger charge is 2.06. The maximum absolute atomic E-state index is 5.84. The standard InChI is InChI=1S/C15H19N3O/c1-3-6-12-10-14(16)18-15(17-12)11-7-5-8-13(9-11)19-4-2/h5,7-10H,3-4,6H2,1-2H3,(H2,16,17,18). The first-order chi connectivity index (χ1) is 9.22. The fourth-order valence-electron chi connectivity index (χ4n) is 1.92. The minimum atomic E-state index is 0.510. The molecule has 2 rings (SSSR count). The lowest BCUT2D eigenvalue weighted by Crippen LogP contribution is -2.00. The molecular formula is C15H19N3O. The van der Waals surface area contributed by atoms with Gasteiger partial charge in [0, 0.05) is 17.3 Å².